The molecule has 0 aromatic heterocycles. The third kappa shape index (κ3) is 1.78. The predicted octanol–water partition coefficient (Wildman–Crippen LogP) is 0.155. The van der Waals surface area contributed by atoms with E-state index in [0.29, 0.717) is 0 Å². The van der Waals surface area contributed by atoms with Gasteiger partial charge in [0.15, 0.2) is 0 Å². The maximum Gasteiger partial charge on any atom is 0.224 e. The quantitative estimate of drug-likeness (QED) is 0.558. The minimum Gasteiger partial charge on any atom is -0.355 e. The Labute approximate surface area is 74.1 Å². The molecule has 3 heteroatoms. The number of amides is 1. The molecule has 68 valence electrons. The number of nitrogens with zero attached hydrogens (tertiary/aromatic N) is 1. The highest BCUT2D eigenvalue weighted by atomic mass is 16.1. The van der Waals surface area contributed by atoms with E-state index >= 15 is 0 Å². The molecule has 2 heterocycles. The van der Waals surface area contributed by atoms with Crippen LogP contribution >= 0.6 is 0 Å². The van der Waals surface area contributed by atoms with Crippen molar-refractivity contribution in [1.29, 1.82) is 0 Å². The number of hydrogen-bond acceptors (Lipinski definition) is 2. The predicted molar refractivity (Wildman–Crippen MR) is 47.5 cm³/mol. The van der Waals surface area contributed by atoms with Gasteiger partial charge in [0.2, 0.25) is 5.91 Å². The van der Waals surface area contributed by atoms with E-state index < -0.39 is 0 Å². The lowest BCUT2D eigenvalue weighted by atomic mass is 9.98. The Morgan fingerprint density at radius 3 is 3.08 bits per heavy atom. The summed E-state index contributed by atoms with van der Waals surface area (Å²) in [6.45, 7) is 4.06. The monoisotopic (exact) mass is 168 g/mol. The number of fused-ring (bicyclic) bond motifs is 2. The van der Waals surface area contributed by atoms with E-state index in [9.17, 15) is 4.79 Å². The fourth-order valence-electron chi connectivity index (χ4n) is 1.95. The molecule has 0 aromatic rings. The number of rotatable bonds is 0. The number of nitrogens with one attached hydrogen (secondary N) is 1. The van der Waals surface area contributed by atoms with E-state index in [-0.39, 0.29) is 19.3 Å². The SMILES string of the molecule is O=C1NCCN2CCCC1C2.[CH2]. The number of carbonyl (C=O) groups excluding carboxylic acids is 1. The molecule has 2 fully saturated rings. The molecule has 2 radical (unpaired) electrons. The summed E-state index contributed by atoms with van der Waals surface area (Å²) in [6.07, 6.45) is 2.28. The number of piperidine rings is 1. The van der Waals surface area contributed by atoms with Gasteiger partial charge in [0.25, 0.3) is 0 Å². The molecule has 2 unspecified atom stereocenters. The third-order valence-corrected chi connectivity index (χ3v) is 2.60. The number of hydrogen-bond donors (Lipinski definition) is 1. The van der Waals surface area contributed by atoms with Crippen molar-refractivity contribution in [2.24, 2.45) is 5.92 Å². The summed E-state index contributed by atoms with van der Waals surface area (Å²) in [5.74, 6) is 0.554. The van der Waals surface area contributed by atoms with E-state index in [1.807, 2.05) is 0 Å². The average Bonchev–Trinajstić information content (AvgIpc) is 2.14. The molecular weight excluding hydrogens is 152 g/mol. The smallest absolute Gasteiger partial charge is 0.224 e. The second-order valence-electron chi connectivity index (χ2n) is 3.43. The van der Waals surface area contributed by atoms with Gasteiger partial charge < -0.3 is 10.2 Å². The zero-order valence-corrected chi connectivity index (χ0v) is 7.38. The molecule has 1 amide bonds. The highest BCUT2D eigenvalue weighted by Crippen LogP contribution is 2.17. The molecule has 2 saturated heterocycles. The fraction of sp³-hybridized carbons (Fsp3) is 0.778. The molecule has 0 aliphatic carbocycles. The Morgan fingerprint density at radius 2 is 2.25 bits per heavy atom. The van der Waals surface area contributed by atoms with Gasteiger partial charge in [-0.1, -0.05) is 7.43 Å². The van der Waals surface area contributed by atoms with Gasteiger partial charge in [-0.2, -0.15) is 0 Å². The van der Waals surface area contributed by atoms with E-state index in [1.54, 1.807) is 0 Å². The summed E-state index contributed by atoms with van der Waals surface area (Å²) in [6, 6.07) is 0. The van der Waals surface area contributed by atoms with Gasteiger partial charge in [-0.25, -0.2) is 0 Å². The molecule has 0 saturated carbocycles. The molecule has 2 atom stereocenters. The second kappa shape index (κ2) is 3.90. The Balaban J connectivity index is 0.000000720. The normalized spacial score (nSPS) is 34.5. The topological polar surface area (TPSA) is 32.3 Å². The van der Waals surface area contributed by atoms with Crippen LogP contribution in [-0.4, -0.2) is 37.0 Å². The Bertz CT molecular complexity index is 170. The highest BCUT2D eigenvalue weighted by Gasteiger charge is 2.27. The first-order valence-electron chi connectivity index (χ1n) is 4.36. The van der Waals surface area contributed by atoms with Gasteiger partial charge >= 0.3 is 0 Å². The van der Waals surface area contributed by atoms with Crippen LogP contribution in [0.5, 0.6) is 0 Å². The van der Waals surface area contributed by atoms with Crippen molar-refractivity contribution >= 4 is 5.91 Å². The van der Waals surface area contributed by atoms with Crippen LogP contribution in [0, 0.1) is 13.3 Å². The summed E-state index contributed by atoms with van der Waals surface area (Å²) >= 11 is 0. The van der Waals surface area contributed by atoms with Crippen LogP contribution in [0.3, 0.4) is 0 Å². The van der Waals surface area contributed by atoms with Crippen LogP contribution in [-0.2, 0) is 4.79 Å². The van der Waals surface area contributed by atoms with Crippen LogP contribution in [0.2, 0.25) is 0 Å². The average molecular weight is 168 g/mol. The van der Waals surface area contributed by atoms with E-state index in [0.717, 1.165) is 26.1 Å². The Morgan fingerprint density at radius 1 is 1.42 bits per heavy atom. The standard InChI is InChI=1S/C8H14N2O.CH2/c11-8-7-2-1-4-10(6-7)5-3-9-8;/h7H,1-6H2,(H,9,11);1H2. The molecule has 12 heavy (non-hydrogen) atoms. The van der Waals surface area contributed by atoms with Crippen molar-refractivity contribution < 1.29 is 4.79 Å². The lowest BCUT2D eigenvalue weighted by Gasteiger charge is -2.27. The summed E-state index contributed by atoms with van der Waals surface area (Å²) < 4.78 is 0. The van der Waals surface area contributed by atoms with Gasteiger partial charge in [0, 0.05) is 19.6 Å². The Kier molecular flexibility index (Phi) is 3.09. The van der Waals surface area contributed by atoms with Gasteiger partial charge in [0.1, 0.15) is 0 Å². The van der Waals surface area contributed by atoms with Crippen LogP contribution in [0.15, 0.2) is 0 Å². The fourth-order valence-corrected chi connectivity index (χ4v) is 1.95. The zero-order chi connectivity index (χ0) is 7.68. The Hall–Kier alpha value is -0.570. The maximum absolute atomic E-state index is 11.3. The van der Waals surface area contributed by atoms with Crippen molar-refractivity contribution in [3.63, 3.8) is 0 Å². The molecule has 2 bridgehead atoms. The van der Waals surface area contributed by atoms with E-state index in [2.05, 4.69) is 10.2 Å². The molecule has 2 aliphatic rings. The van der Waals surface area contributed by atoms with Gasteiger partial charge in [-0.05, 0) is 19.4 Å². The molecule has 3 nitrogen and oxygen atoms in total. The van der Waals surface area contributed by atoms with Crippen molar-refractivity contribution in [2.75, 3.05) is 26.2 Å². The van der Waals surface area contributed by atoms with Gasteiger partial charge in [-0.3, -0.25) is 4.79 Å². The van der Waals surface area contributed by atoms with E-state index in [4.69, 9.17) is 0 Å². The summed E-state index contributed by atoms with van der Waals surface area (Å²) in [4.78, 5) is 13.7. The van der Waals surface area contributed by atoms with Crippen molar-refractivity contribution in [2.45, 2.75) is 12.8 Å². The first-order valence-corrected chi connectivity index (χ1v) is 4.36. The maximum atomic E-state index is 11.3. The lowest BCUT2D eigenvalue weighted by Crippen LogP contribution is -2.37. The molecular formula is C9H16N2O. The van der Waals surface area contributed by atoms with E-state index in [1.165, 1.54) is 13.0 Å². The lowest BCUT2D eigenvalue weighted by molar-refractivity contribution is -0.125. The zero-order valence-electron chi connectivity index (χ0n) is 7.38. The van der Waals surface area contributed by atoms with Crippen molar-refractivity contribution in [3.8, 4) is 0 Å². The van der Waals surface area contributed by atoms with Gasteiger partial charge in [-0.15, -0.1) is 0 Å². The van der Waals surface area contributed by atoms with Crippen LogP contribution in [0.4, 0.5) is 0 Å². The largest absolute Gasteiger partial charge is 0.355 e. The summed E-state index contributed by atoms with van der Waals surface area (Å²) in [5.41, 5.74) is 0. The van der Waals surface area contributed by atoms with Crippen LogP contribution in [0.1, 0.15) is 12.8 Å². The van der Waals surface area contributed by atoms with Gasteiger partial charge in [0.05, 0.1) is 5.92 Å². The summed E-state index contributed by atoms with van der Waals surface area (Å²) in [5, 5.41) is 2.94. The minimum atomic E-state index is 0. The minimum absolute atomic E-state index is 0. The third-order valence-electron chi connectivity index (χ3n) is 2.60. The highest BCUT2D eigenvalue weighted by molar-refractivity contribution is 5.79. The van der Waals surface area contributed by atoms with Crippen molar-refractivity contribution in [3.05, 3.63) is 7.43 Å². The van der Waals surface area contributed by atoms with Crippen molar-refractivity contribution in [1.82, 2.24) is 10.2 Å². The number of carbonyl (C=O) groups is 1. The molecule has 0 aromatic carbocycles. The second-order valence-corrected chi connectivity index (χ2v) is 3.43. The summed E-state index contributed by atoms with van der Waals surface area (Å²) in [7, 11) is 0. The molecule has 2 aliphatic heterocycles. The first-order chi connectivity index (χ1) is 5.36. The van der Waals surface area contributed by atoms with Crippen LogP contribution < -0.4 is 5.32 Å². The molecule has 1 N–H and O–H groups in total. The van der Waals surface area contributed by atoms with Crippen LogP contribution in [0.25, 0.3) is 0 Å². The molecule has 2 rings (SSSR count). The first kappa shape index (κ1) is 9.52. The molecule has 0 spiro atoms.